The molecule has 0 unspecified atom stereocenters. The van der Waals surface area contributed by atoms with Gasteiger partial charge in [-0.05, 0) is 41.1 Å². The molecule has 108 valence electrons. The van der Waals surface area contributed by atoms with E-state index < -0.39 is 0 Å². The molecule has 2 aromatic rings. The second-order valence-electron chi connectivity index (χ2n) is 4.75. The van der Waals surface area contributed by atoms with Crippen molar-refractivity contribution in [1.29, 1.82) is 0 Å². The number of aromatic nitrogens is 4. The van der Waals surface area contributed by atoms with Crippen LogP contribution in [-0.4, -0.2) is 31.7 Å². The van der Waals surface area contributed by atoms with Gasteiger partial charge in [0.1, 0.15) is 5.82 Å². The average molecular weight is 277 g/mol. The van der Waals surface area contributed by atoms with Crippen molar-refractivity contribution < 1.29 is 4.39 Å². The van der Waals surface area contributed by atoms with E-state index in [-0.39, 0.29) is 5.82 Å². The molecule has 6 heteroatoms. The Hall–Kier alpha value is -1.82. The van der Waals surface area contributed by atoms with E-state index in [9.17, 15) is 4.39 Å². The molecular formula is C14H20FN5. The Morgan fingerprint density at radius 3 is 2.80 bits per heavy atom. The predicted octanol–water partition coefficient (Wildman–Crippen LogP) is 2.24. The Bertz CT molecular complexity index is 540. The van der Waals surface area contributed by atoms with Crippen molar-refractivity contribution in [3.05, 3.63) is 41.5 Å². The highest BCUT2D eigenvalue weighted by Gasteiger charge is 2.11. The van der Waals surface area contributed by atoms with Gasteiger partial charge < -0.3 is 0 Å². The van der Waals surface area contributed by atoms with Crippen LogP contribution in [0.2, 0.25) is 0 Å². The summed E-state index contributed by atoms with van der Waals surface area (Å²) in [5, 5.41) is 11.8. The molecule has 0 aliphatic carbocycles. The zero-order chi connectivity index (χ0) is 14.4. The molecule has 0 radical (unpaired) electrons. The molecule has 0 aliphatic rings. The second kappa shape index (κ2) is 7.09. The van der Waals surface area contributed by atoms with Crippen molar-refractivity contribution in [2.24, 2.45) is 0 Å². The Morgan fingerprint density at radius 2 is 2.10 bits per heavy atom. The first-order chi connectivity index (χ1) is 9.72. The third-order valence-electron chi connectivity index (χ3n) is 3.15. The molecular weight excluding hydrogens is 257 g/mol. The molecule has 0 saturated carbocycles. The molecule has 0 atom stereocenters. The lowest BCUT2D eigenvalue weighted by molar-refractivity contribution is 0.258. The first-order valence-electron chi connectivity index (χ1n) is 6.94. The van der Waals surface area contributed by atoms with Gasteiger partial charge in [-0.1, -0.05) is 26.0 Å². The fourth-order valence-corrected chi connectivity index (χ4v) is 2.10. The monoisotopic (exact) mass is 277 g/mol. The highest BCUT2D eigenvalue weighted by molar-refractivity contribution is 5.16. The van der Waals surface area contributed by atoms with Crippen molar-refractivity contribution >= 4 is 0 Å². The normalized spacial score (nSPS) is 11.2. The van der Waals surface area contributed by atoms with Gasteiger partial charge in [0.15, 0.2) is 5.82 Å². The van der Waals surface area contributed by atoms with E-state index in [4.69, 9.17) is 0 Å². The quantitative estimate of drug-likeness (QED) is 0.778. The third-order valence-corrected chi connectivity index (χ3v) is 3.15. The predicted molar refractivity (Wildman–Crippen MR) is 74.3 cm³/mol. The van der Waals surface area contributed by atoms with Crippen molar-refractivity contribution in [3.63, 3.8) is 0 Å². The van der Waals surface area contributed by atoms with Gasteiger partial charge in [0.05, 0.1) is 6.54 Å². The van der Waals surface area contributed by atoms with E-state index in [1.54, 1.807) is 12.1 Å². The molecule has 0 saturated heterocycles. The largest absolute Gasteiger partial charge is 0.292 e. The molecule has 1 heterocycles. The SMILES string of the molecule is CCCn1nnnc1CN(CC)Cc1cccc(F)c1. The molecule has 1 aromatic heterocycles. The molecule has 5 nitrogen and oxygen atoms in total. The van der Waals surface area contributed by atoms with Crippen LogP contribution in [0.4, 0.5) is 4.39 Å². The Balaban J connectivity index is 2.03. The van der Waals surface area contributed by atoms with Gasteiger partial charge in [0.25, 0.3) is 0 Å². The molecule has 0 amide bonds. The molecule has 0 N–H and O–H groups in total. The number of benzene rings is 1. The van der Waals surface area contributed by atoms with Gasteiger partial charge >= 0.3 is 0 Å². The number of tetrazole rings is 1. The number of aryl methyl sites for hydroxylation is 1. The van der Waals surface area contributed by atoms with Crippen LogP contribution in [0.3, 0.4) is 0 Å². The van der Waals surface area contributed by atoms with E-state index >= 15 is 0 Å². The lowest BCUT2D eigenvalue weighted by Crippen LogP contribution is -2.24. The van der Waals surface area contributed by atoms with Gasteiger partial charge in [-0.3, -0.25) is 4.90 Å². The van der Waals surface area contributed by atoms with Crippen molar-refractivity contribution in [2.75, 3.05) is 6.54 Å². The van der Waals surface area contributed by atoms with Crippen LogP contribution in [0.15, 0.2) is 24.3 Å². The molecule has 2 rings (SSSR count). The smallest absolute Gasteiger partial charge is 0.165 e. The van der Waals surface area contributed by atoms with E-state index in [0.29, 0.717) is 13.1 Å². The standard InChI is InChI=1S/C14H20FN5/c1-3-8-20-14(16-17-18-20)11-19(4-2)10-12-6-5-7-13(15)9-12/h5-7,9H,3-4,8,10-11H2,1-2H3. The Labute approximate surface area is 118 Å². The summed E-state index contributed by atoms with van der Waals surface area (Å²) in [4.78, 5) is 2.19. The maximum Gasteiger partial charge on any atom is 0.165 e. The van der Waals surface area contributed by atoms with Crippen LogP contribution in [0.25, 0.3) is 0 Å². The van der Waals surface area contributed by atoms with Gasteiger partial charge in [-0.25, -0.2) is 9.07 Å². The highest BCUT2D eigenvalue weighted by atomic mass is 19.1. The van der Waals surface area contributed by atoms with Crippen molar-refractivity contribution in [2.45, 2.75) is 39.9 Å². The maximum atomic E-state index is 13.2. The Kier molecular flexibility index (Phi) is 5.17. The number of hydrogen-bond donors (Lipinski definition) is 0. The summed E-state index contributed by atoms with van der Waals surface area (Å²) in [5.41, 5.74) is 0.960. The number of rotatable bonds is 7. The number of halogens is 1. The maximum absolute atomic E-state index is 13.2. The van der Waals surface area contributed by atoms with Crippen LogP contribution in [0.1, 0.15) is 31.7 Å². The van der Waals surface area contributed by atoms with Crippen LogP contribution in [0, 0.1) is 5.82 Å². The summed E-state index contributed by atoms with van der Waals surface area (Å²) in [6.45, 7) is 7.20. The van der Waals surface area contributed by atoms with Crippen molar-refractivity contribution in [1.82, 2.24) is 25.1 Å². The van der Waals surface area contributed by atoms with Gasteiger partial charge in [0, 0.05) is 13.1 Å². The van der Waals surface area contributed by atoms with Gasteiger partial charge in [-0.15, -0.1) is 5.10 Å². The average Bonchev–Trinajstić information content (AvgIpc) is 2.86. The Morgan fingerprint density at radius 1 is 1.25 bits per heavy atom. The van der Waals surface area contributed by atoms with Gasteiger partial charge in [-0.2, -0.15) is 0 Å². The van der Waals surface area contributed by atoms with Crippen molar-refractivity contribution in [3.8, 4) is 0 Å². The molecule has 20 heavy (non-hydrogen) atoms. The van der Waals surface area contributed by atoms with Gasteiger partial charge in [0.2, 0.25) is 0 Å². The lowest BCUT2D eigenvalue weighted by atomic mass is 10.2. The molecule has 0 bridgehead atoms. The topological polar surface area (TPSA) is 46.8 Å². The zero-order valence-electron chi connectivity index (χ0n) is 12.0. The van der Waals surface area contributed by atoms with E-state index in [1.165, 1.54) is 6.07 Å². The van der Waals surface area contributed by atoms with Crippen LogP contribution < -0.4 is 0 Å². The van der Waals surface area contributed by atoms with E-state index in [1.807, 2.05) is 10.7 Å². The summed E-state index contributed by atoms with van der Waals surface area (Å²) in [6, 6.07) is 6.69. The van der Waals surface area contributed by atoms with Crippen LogP contribution in [0.5, 0.6) is 0 Å². The minimum absolute atomic E-state index is 0.200. The summed E-state index contributed by atoms with van der Waals surface area (Å²) in [7, 11) is 0. The number of nitrogens with zero attached hydrogens (tertiary/aromatic N) is 5. The molecule has 0 fully saturated rings. The van der Waals surface area contributed by atoms with Crippen LogP contribution >= 0.6 is 0 Å². The first-order valence-corrected chi connectivity index (χ1v) is 6.94. The first kappa shape index (κ1) is 14.6. The minimum atomic E-state index is -0.200. The fraction of sp³-hybridized carbons (Fsp3) is 0.500. The fourth-order valence-electron chi connectivity index (χ4n) is 2.10. The minimum Gasteiger partial charge on any atom is -0.292 e. The summed E-state index contributed by atoms with van der Waals surface area (Å²) < 4.78 is 15.0. The lowest BCUT2D eigenvalue weighted by Gasteiger charge is -2.19. The second-order valence-corrected chi connectivity index (χ2v) is 4.75. The summed E-state index contributed by atoms with van der Waals surface area (Å²) in [5.74, 6) is 0.652. The third kappa shape index (κ3) is 3.84. The van der Waals surface area contributed by atoms with E-state index in [0.717, 1.165) is 30.9 Å². The molecule has 1 aromatic carbocycles. The molecule has 0 spiro atoms. The van der Waals surface area contributed by atoms with E-state index in [2.05, 4.69) is 34.3 Å². The molecule has 0 aliphatic heterocycles. The summed E-state index contributed by atoms with van der Waals surface area (Å²) >= 11 is 0. The van der Waals surface area contributed by atoms with Crippen LogP contribution in [-0.2, 0) is 19.6 Å². The summed E-state index contributed by atoms with van der Waals surface area (Å²) in [6.07, 6.45) is 0.994. The zero-order valence-corrected chi connectivity index (χ0v) is 12.0. The number of hydrogen-bond acceptors (Lipinski definition) is 4. The highest BCUT2D eigenvalue weighted by Crippen LogP contribution is 2.09.